The topological polar surface area (TPSA) is 86.7 Å². The number of aromatic hydroxyl groups is 3. The van der Waals surface area contributed by atoms with Crippen LogP contribution >= 0.6 is 0 Å². The monoisotopic (exact) mass is 287 g/mol. The van der Waals surface area contributed by atoms with Crippen molar-refractivity contribution in [2.75, 3.05) is 6.54 Å². The molecule has 0 amide bonds. The van der Waals surface area contributed by atoms with Gasteiger partial charge in [0, 0.05) is 5.56 Å². The van der Waals surface area contributed by atoms with Crippen LogP contribution in [0, 0.1) is 6.92 Å². The quantitative estimate of drug-likeness (QED) is 0.636. The first kappa shape index (κ1) is 15.2. The summed E-state index contributed by atoms with van der Waals surface area (Å²) in [6.07, 6.45) is 1.91. The lowest BCUT2D eigenvalue weighted by Crippen LogP contribution is -2.06. The molecule has 0 atom stereocenters. The second-order valence-corrected chi connectivity index (χ2v) is 5.23. The average Bonchev–Trinajstić information content (AvgIpc) is 2.46. The molecule has 0 aliphatic heterocycles. The third kappa shape index (κ3) is 3.47. The Kier molecular flexibility index (Phi) is 4.70. The number of phenolic OH excluding ortho intramolecular Hbond substituents is 3. The predicted molar refractivity (Wildman–Crippen MR) is 82.8 cm³/mol. The molecule has 0 bridgehead atoms. The minimum atomic E-state index is -0.113. The Bertz CT molecular complexity index is 638. The van der Waals surface area contributed by atoms with Gasteiger partial charge in [-0.2, -0.15) is 0 Å². The molecule has 0 radical (unpaired) electrons. The van der Waals surface area contributed by atoms with Crippen LogP contribution in [0.15, 0.2) is 30.3 Å². The summed E-state index contributed by atoms with van der Waals surface area (Å²) >= 11 is 0. The number of hydrogen-bond donors (Lipinski definition) is 4. The highest BCUT2D eigenvalue weighted by molar-refractivity contribution is 5.49. The van der Waals surface area contributed by atoms with Crippen LogP contribution in [0.2, 0.25) is 0 Å². The van der Waals surface area contributed by atoms with Crippen LogP contribution in [-0.2, 0) is 19.3 Å². The zero-order valence-electron chi connectivity index (χ0n) is 12.1. The normalized spacial score (nSPS) is 10.8. The van der Waals surface area contributed by atoms with Gasteiger partial charge in [0.05, 0.1) is 0 Å². The Balaban J connectivity index is 2.22. The van der Waals surface area contributed by atoms with Crippen molar-refractivity contribution in [2.24, 2.45) is 5.73 Å². The summed E-state index contributed by atoms with van der Waals surface area (Å²) in [7, 11) is 0. The van der Waals surface area contributed by atoms with Crippen molar-refractivity contribution >= 4 is 0 Å². The molecule has 0 spiro atoms. The molecule has 2 aromatic rings. The van der Waals surface area contributed by atoms with E-state index in [4.69, 9.17) is 5.73 Å². The Morgan fingerprint density at radius 3 is 2.33 bits per heavy atom. The largest absolute Gasteiger partial charge is 0.508 e. The van der Waals surface area contributed by atoms with Crippen molar-refractivity contribution in [3.8, 4) is 17.2 Å². The van der Waals surface area contributed by atoms with Crippen molar-refractivity contribution in [2.45, 2.75) is 26.2 Å². The van der Waals surface area contributed by atoms with E-state index in [0.29, 0.717) is 25.8 Å². The summed E-state index contributed by atoms with van der Waals surface area (Å²) in [5, 5.41) is 29.4. The van der Waals surface area contributed by atoms with E-state index in [9.17, 15) is 15.3 Å². The summed E-state index contributed by atoms with van der Waals surface area (Å²) < 4.78 is 0. The fourth-order valence-electron chi connectivity index (χ4n) is 2.41. The predicted octanol–water partition coefficient (Wildman–Crippen LogP) is 2.40. The van der Waals surface area contributed by atoms with E-state index in [-0.39, 0.29) is 17.2 Å². The zero-order chi connectivity index (χ0) is 15.4. The van der Waals surface area contributed by atoms with E-state index in [1.807, 2.05) is 19.1 Å². The second-order valence-electron chi connectivity index (χ2n) is 5.23. The molecule has 0 aliphatic rings. The molecule has 0 fully saturated rings. The van der Waals surface area contributed by atoms with Gasteiger partial charge in [-0.1, -0.05) is 18.2 Å². The SMILES string of the molecule is Cc1ccc(CCc2c(CCN)ccc(O)c2O)cc1O. The van der Waals surface area contributed by atoms with Crippen molar-refractivity contribution < 1.29 is 15.3 Å². The number of phenols is 3. The maximum atomic E-state index is 10.0. The fourth-order valence-corrected chi connectivity index (χ4v) is 2.41. The van der Waals surface area contributed by atoms with Crippen molar-refractivity contribution in [1.82, 2.24) is 0 Å². The van der Waals surface area contributed by atoms with Crippen molar-refractivity contribution in [1.29, 1.82) is 0 Å². The molecule has 0 saturated carbocycles. The zero-order valence-corrected chi connectivity index (χ0v) is 12.1. The van der Waals surface area contributed by atoms with Crippen LogP contribution in [0.5, 0.6) is 17.2 Å². The molecule has 21 heavy (non-hydrogen) atoms. The molecule has 0 aliphatic carbocycles. The van der Waals surface area contributed by atoms with Gasteiger partial charge < -0.3 is 21.1 Å². The number of benzene rings is 2. The lowest BCUT2D eigenvalue weighted by atomic mass is 9.96. The molecule has 112 valence electrons. The van der Waals surface area contributed by atoms with Gasteiger partial charge in [0.25, 0.3) is 0 Å². The Morgan fingerprint density at radius 2 is 1.67 bits per heavy atom. The molecule has 0 heterocycles. The number of hydrogen-bond acceptors (Lipinski definition) is 4. The van der Waals surface area contributed by atoms with Crippen molar-refractivity contribution in [3.05, 3.63) is 52.6 Å². The second kappa shape index (κ2) is 6.50. The molecule has 0 unspecified atom stereocenters. The molecule has 4 heteroatoms. The highest BCUT2D eigenvalue weighted by atomic mass is 16.3. The molecule has 2 aromatic carbocycles. The third-order valence-electron chi connectivity index (χ3n) is 3.71. The maximum Gasteiger partial charge on any atom is 0.160 e. The van der Waals surface area contributed by atoms with Gasteiger partial charge in [0.2, 0.25) is 0 Å². The van der Waals surface area contributed by atoms with Gasteiger partial charge >= 0.3 is 0 Å². The minimum Gasteiger partial charge on any atom is -0.508 e. The first-order chi connectivity index (χ1) is 10.0. The summed E-state index contributed by atoms with van der Waals surface area (Å²) in [6, 6.07) is 8.84. The van der Waals surface area contributed by atoms with Crippen molar-refractivity contribution in [3.63, 3.8) is 0 Å². The molecule has 0 aromatic heterocycles. The summed E-state index contributed by atoms with van der Waals surface area (Å²) in [5.41, 5.74) is 9.08. The van der Waals surface area contributed by atoms with Crippen LogP contribution in [0.4, 0.5) is 0 Å². The van der Waals surface area contributed by atoms with E-state index in [0.717, 1.165) is 22.3 Å². The van der Waals surface area contributed by atoms with Crippen LogP contribution in [-0.4, -0.2) is 21.9 Å². The maximum absolute atomic E-state index is 10.0. The Morgan fingerprint density at radius 1 is 0.905 bits per heavy atom. The molecule has 5 N–H and O–H groups in total. The highest BCUT2D eigenvalue weighted by Gasteiger charge is 2.12. The van der Waals surface area contributed by atoms with E-state index in [2.05, 4.69) is 0 Å². The number of nitrogens with two attached hydrogens (primary N) is 1. The molecule has 4 nitrogen and oxygen atoms in total. The molecular formula is C17H21NO3. The summed E-state index contributed by atoms with van der Waals surface area (Å²) in [5.74, 6) is 0.0876. The van der Waals surface area contributed by atoms with E-state index in [1.54, 1.807) is 12.1 Å². The summed E-state index contributed by atoms with van der Waals surface area (Å²) in [6.45, 7) is 2.34. The minimum absolute atomic E-state index is 0.0720. The number of rotatable bonds is 5. The molecule has 0 saturated heterocycles. The first-order valence-corrected chi connectivity index (χ1v) is 7.04. The lowest BCUT2D eigenvalue weighted by molar-refractivity contribution is 0.398. The standard InChI is InChI=1S/C17H21NO3/c1-11-2-3-12(10-16(11)20)4-6-14-13(8-9-18)5-7-15(19)17(14)21/h2-3,5,7,10,19-21H,4,6,8-9,18H2,1H3. The van der Waals surface area contributed by atoms with Gasteiger partial charge in [-0.15, -0.1) is 0 Å². The Hall–Kier alpha value is -2.20. The Labute approximate surface area is 124 Å². The molecular weight excluding hydrogens is 266 g/mol. The smallest absolute Gasteiger partial charge is 0.160 e. The molecule has 2 rings (SSSR count). The van der Waals surface area contributed by atoms with Gasteiger partial charge in [0.15, 0.2) is 11.5 Å². The highest BCUT2D eigenvalue weighted by Crippen LogP contribution is 2.32. The van der Waals surface area contributed by atoms with Gasteiger partial charge in [0.1, 0.15) is 5.75 Å². The van der Waals surface area contributed by atoms with Crippen LogP contribution in [0.3, 0.4) is 0 Å². The van der Waals surface area contributed by atoms with Crippen LogP contribution in [0.1, 0.15) is 22.3 Å². The van der Waals surface area contributed by atoms with E-state index < -0.39 is 0 Å². The van der Waals surface area contributed by atoms with Crippen LogP contribution in [0.25, 0.3) is 0 Å². The fraction of sp³-hybridized carbons (Fsp3) is 0.294. The first-order valence-electron chi connectivity index (χ1n) is 7.04. The van der Waals surface area contributed by atoms with Crippen LogP contribution < -0.4 is 5.73 Å². The van der Waals surface area contributed by atoms with Gasteiger partial charge in [-0.3, -0.25) is 0 Å². The number of aryl methyl sites for hydroxylation is 2. The van der Waals surface area contributed by atoms with Gasteiger partial charge in [-0.05, 0) is 61.6 Å². The van der Waals surface area contributed by atoms with Gasteiger partial charge in [-0.25, -0.2) is 0 Å². The lowest BCUT2D eigenvalue weighted by Gasteiger charge is -2.12. The summed E-state index contributed by atoms with van der Waals surface area (Å²) in [4.78, 5) is 0. The van der Waals surface area contributed by atoms with E-state index >= 15 is 0 Å². The average molecular weight is 287 g/mol. The third-order valence-corrected chi connectivity index (χ3v) is 3.71. The van der Waals surface area contributed by atoms with E-state index in [1.165, 1.54) is 6.07 Å².